The van der Waals surface area contributed by atoms with Crippen molar-refractivity contribution in [1.29, 1.82) is 0 Å². The van der Waals surface area contributed by atoms with E-state index >= 15 is 0 Å². The van der Waals surface area contributed by atoms with Gasteiger partial charge in [-0.2, -0.15) is 0 Å². The first-order chi connectivity index (χ1) is 11.0. The summed E-state index contributed by atoms with van der Waals surface area (Å²) >= 11 is 0. The van der Waals surface area contributed by atoms with Gasteiger partial charge in [-0.15, -0.1) is 0 Å². The number of aryl methyl sites for hydroxylation is 1. The Hall–Kier alpha value is -1.89. The summed E-state index contributed by atoms with van der Waals surface area (Å²) in [6.45, 7) is 5.00. The summed E-state index contributed by atoms with van der Waals surface area (Å²) in [6, 6.07) is 0. The molecule has 1 aromatic rings. The van der Waals surface area contributed by atoms with Crippen LogP contribution in [0.3, 0.4) is 0 Å². The van der Waals surface area contributed by atoms with Gasteiger partial charge < -0.3 is 15.2 Å². The third-order valence-electron chi connectivity index (χ3n) is 4.29. The Morgan fingerprint density at radius 2 is 2.26 bits per heavy atom. The van der Waals surface area contributed by atoms with Gasteiger partial charge in [0, 0.05) is 32.5 Å². The third kappa shape index (κ3) is 4.79. The quantitative estimate of drug-likeness (QED) is 0.785. The molecular formula is C16H27N5O2. The molecule has 2 heterocycles. The van der Waals surface area contributed by atoms with Gasteiger partial charge in [-0.3, -0.25) is 14.5 Å². The van der Waals surface area contributed by atoms with Gasteiger partial charge in [-0.05, 0) is 25.8 Å². The molecule has 1 saturated heterocycles. The lowest BCUT2D eigenvalue weighted by Gasteiger charge is -2.34. The van der Waals surface area contributed by atoms with Crippen molar-refractivity contribution in [3.8, 4) is 0 Å². The molecule has 1 unspecified atom stereocenters. The molecule has 2 N–H and O–H groups in total. The fourth-order valence-corrected chi connectivity index (χ4v) is 3.14. The van der Waals surface area contributed by atoms with Crippen molar-refractivity contribution in [3.63, 3.8) is 0 Å². The molecule has 1 atom stereocenters. The maximum Gasteiger partial charge on any atom is 0.231 e. The van der Waals surface area contributed by atoms with Crippen LogP contribution in [0.5, 0.6) is 0 Å². The first-order valence-electron chi connectivity index (χ1n) is 8.27. The molecule has 0 spiro atoms. The van der Waals surface area contributed by atoms with Crippen molar-refractivity contribution < 1.29 is 9.59 Å². The molecule has 7 heteroatoms. The van der Waals surface area contributed by atoms with Gasteiger partial charge in [0.2, 0.25) is 11.8 Å². The van der Waals surface area contributed by atoms with E-state index in [0.29, 0.717) is 13.1 Å². The first-order valence-corrected chi connectivity index (χ1v) is 8.27. The lowest BCUT2D eigenvalue weighted by Crippen LogP contribution is -2.47. The van der Waals surface area contributed by atoms with Crippen LogP contribution in [0, 0.1) is 5.92 Å². The van der Waals surface area contributed by atoms with Crippen molar-refractivity contribution in [3.05, 3.63) is 18.2 Å². The molecule has 128 valence electrons. The minimum absolute atomic E-state index is 0.0603. The van der Waals surface area contributed by atoms with E-state index in [9.17, 15) is 9.59 Å². The Labute approximate surface area is 137 Å². The second-order valence-corrected chi connectivity index (χ2v) is 6.25. The number of carbonyl (C=O) groups excluding carboxylic acids is 2. The Balaban J connectivity index is 2.01. The fourth-order valence-electron chi connectivity index (χ4n) is 3.14. The van der Waals surface area contributed by atoms with E-state index in [2.05, 4.69) is 11.9 Å². The summed E-state index contributed by atoms with van der Waals surface area (Å²) < 4.78 is 1.94. The molecule has 1 aromatic heterocycles. The summed E-state index contributed by atoms with van der Waals surface area (Å²) in [5, 5.41) is 0. The zero-order valence-electron chi connectivity index (χ0n) is 14.1. The van der Waals surface area contributed by atoms with E-state index in [1.165, 1.54) is 0 Å². The largest absolute Gasteiger partial charge is 0.369 e. The monoisotopic (exact) mass is 321 g/mol. The first kappa shape index (κ1) is 17.5. The van der Waals surface area contributed by atoms with Gasteiger partial charge >= 0.3 is 0 Å². The lowest BCUT2D eigenvalue weighted by atomic mass is 9.96. The Bertz CT molecular complexity index is 542. The maximum atomic E-state index is 12.9. The Morgan fingerprint density at radius 1 is 1.48 bits per heavy atom. The van der Waals surface area contributed by atoms with Crippen molar-refractivity contribution in [2.45, 2.75) is 32.7 Å². The van der Waals surface area contributed by atoms with Crippen LogP contribution in [0.15, 0.2) is 12.4 Å². The standard InChI is InChI=1S/C16H27N5O2/c1-3-7-21(12-15-18-6-9-19(15)2)16(23)13-5-4-8-20(10-13)11-14(17)22/h6,9,13H,3-5,7-8,10-12H2,1-2H3,(H2,17,22). The molecule has 2 amide bonds. The number of hydrogen-bond acceptors (Lipinski definition) is 4. The molecule has 7 nitrogen and oxygen atoms in total. The van der Waals surface area contributed by atoms with Crippen LogP contribution in [-0.2, 0) is 23.2 Å². The van der Waals surface area contributed by atoms with Crippen LogP contribution in [0.1, 0.15) is 32.0 Å². The van der Waals surface area contributed by atoms with E-state index in [1.807, 2.05) is 27.6 Å². The summed E-state index contributed by atoms with van der Waals surface area (Å²) in [5.41, 5.74) is 5.27. The average Bonchev–Trinajstić information content (AvgIpc) is 2.91. The normalized spacial score (nSPS) is 18.8. The van der Waals surface area contributed by atoms with Crippen LogP contribution >= 0.6 is 0 Å². The number of amides is 2. The number of hydrogen-bond donors (Lipinski definition) is 1. The highest BCUT2D eigenvalue weighted by atomic mass is 16.2. The highest BCUT2D eigenvalue weighted by Crippen LogP contribution is 2.20. The van der Waals surface area contributed by atoms with Crippen molar-refractivity contribution in [2.75, 3.05) is 26.2 Å². The molecule has 2 rings (SSSR count). The molecule has 0 saturated carbocycles. The third-order valence-corrected chi connectivity index (χ3v) is 4.29. The van der Waals surface area contributed by atoms with Gasteiger partial charge in [0.1, 0.15) is 5.82 Å². The molecular weight excluding hydrogens is 294 g/mol. The minimum atomic E-state index is -0.337. The van der Waals surface area contributed by atoms with Crippen molar-refractivity contribution in [2.24, 2.45) is 18.7 Å². The molecule has 23 heavy (non-hydrogen) atoms. The molecule has 1 aliphatic heterocycles. The topological polar surface area (TPSA) is 84.5 Å². The minimum Gasteiger partial charge on any atom is -0.369 e. The maximum absolute atomic E-state index is 12.9. The number of piperidine rings is 1. The zero-order valence-corrected chi connectivity index (χ0v) is 14.1. The van der Waals surface area contributed by atoms with E-state index < -0.39 is 0 Å². The summed E-state index contributed by atoms with van der Waals surface area (Å²) in [4.78, 5) is 32.2. The highest BCUT2D eigenvalue weighted by molar-refractivity contribution is 5.79. The van der Waals surface area contributed by atoms with Crippen LogP contribution < -0.4 is 5.73 Å². The predicted octanol–water partition coefficient (Wildman–Crippen LogP) is 0.356. The number of nitrogens with two attached hydrogens (primary N) is 1. The lowest BCUT2D eigenvalue weighted by molar-refractivity contribution is -0.138. The molecule has 1 aliphatic rings. The second-order valence-electron chi connectivity index (χ2n) is 6.25. The smallest absolute Gasteiger partial charge is 0.231 e. The number of nitrogens with zero attached hydrogens (tertiary/aromatic N) is 4. The SMILES string of the molecule is CCCN(Cc1nccn1C)C(=O)C1CCCN(CC(N)=O)C1. The van der Waals surface area contributed by atoms with E-state index in [0.717, 1.165) is 38.2 Å². The van der Waals surface area contributed by atoms with Crippen molar-refractivity contribution in [1.82, 2.24) is 19.4 Å². The van der Waals surface area contributed by atoms with Gasteiger partial charge in [-0.25, -0.2) is 4.98 Å². The summed E-state index contributed by atoms with van der Waals surface area (Å²) in [5.74, 6) is 0.645. The number of imidazole rings is 1. The van der Waals surface area contributed by atoms with Gasteiger partial charge in [0.25, 0.3) is 0 Å². The van der Waals surface area contributed by atoms with E-state index in [-0.39, 0.29) is 24.3 Å². The number of aromatic nitrogens is 2. The molecule has 0 radical (unpaired) electrons. The molecule has 0 bridgehead atoms. The van der Waals surface area contributed by atoms with Crippen LogP contribution in [0.4, 0.5) is 0 Å². The molecule has 1 fully saturated rings. The Morgan fingerprint density at radius 3 is 2.87 bits per heavy atom. The van der Waals surface area contributed by atoms with Gasteiger partial charge in [-0.1, -0.05) is 6.92 Å². The zero-order chi connectivity index (χ0) is 16.8. The molecule has 0 aliphatic carbocycles. The van der Waals surface area contributed by atoms with E-state index in [4.69, 9.17) is 5.73 Å². The van der Waals surface area contributed by atoms with Crippen molar-refractivity contribution >= 4 is 11.8 Å². The second kappa shape index (κ2) is 8.10. The number of carbonyl (C=O) groups is 2. The number of rotatable bonds is 7. The summed E-state index contributed by atoms with van der Waals surface area (Å²) in [6.07, 6.45) is 6.34. The van der Waals surface area contributed by atoms with Crippen LogP contribution in [-0.4, -0.2) is 57.3 Å². The number of primary amides is 1. The van der Waals surface area contributed by atoms with E-state index in [1.54, 1.807) is 6.20 Å². The van der Waals surface area contributed by atoms with Crippen LogP contribution in [0.25, 0.3) is 0 Å². The van der Waals surface area contributed by atoms with Gasteiger partial charge in [0.15, 0.2) is 0 Å². The number of likely N-dealkylation sites (tertiary alicyclic amines) is 1. The van der Waals surface area contributed by atoms with Crippen LogP contribution in [0.2, 0.25) is 0 Å². The highest BCUT2D eigenvalue weighted by Gasteiger charge is 2.30. The fraction of sp³-hybridized carbons (Fsp3) is 0.688. The summed E-state index contributed by atoms with van der Waals surface area (Å²) in [7, 11) is 1.94. The van der Waals surface area contributed by atoms with Gasteiger partial charge in [0.05, 0.1) is 19.0 Å². The predicted molar refractivity (Wildman–Crippen MR) is 87.3 cm³/mol. The average molecular weight is 321 g/mol. The Kier molecular flexibility index (Phi) is 6.15. The molecule has 0 aromatic carbocycles.